The summed E-state index contributed by atoms with van der Waals surface area (Å²) in [6.07, 6.45) is 0. The van der Waals surface area contributed by atoms with Crippen LogP contribution in [-0.4, -0.2) is 29.8 Å². The van der Waals surface area contributed by atoms with Crippen LogP contribution in [0, 0.1) is 0 Å². The van der Waals surface area contributed by atoms with E-state index in [1.54, 1.807) is 11.0 Å². The zero-order valence-corrected chi connectivity index (χ0v) is 11.3. The number of primary amides is 2. The molecule has 98 valence electrons. The number of nitrogens with zero attached hydrogens (tertiary/aromatic N) is 1. The van der Waals surface area contributed by atoms with Gasteiger partial charge < -0.3 is 17.2 Å². The van der Waals surface area contributed by atoms with E-state index in [9.17, 15) is 9.59 Å². The van der Waals surface area contributed by atoms with Gasteiger partial charge in [0, 0.05) is 16.7 Å². The van der Waals surface area contributed by atoms with E-state index in [-0.39, 0.29) is 13.1 Å². The van der Waals surface area contributed by atoms with Crippen LogP contribution in [0.5, 0.6) is 0 Å². The molecule has 1 rings (SSSR count). The van der Waals surface area contributed by atoms with Crippen molar-refractivity contribution in [2.75, 3.05) is 18.8 Å². The Kier molecular flexibility index (Phi) is 5.11. The first kappa shape index (κ1) is 14.5. The summed E-state index contributed by atoms with van der Waals surface area (Å²) >= 11 is 3.30. The molecule has 2 amide bonds. The molecule has 0 bridgehead atoms. The van der Waals surface area contributed by atoms with Crippen molar-refractivity contribution < 1.29 is 9.59 Å². The molecule has 0 saturated heterocycles. The topological polar surface area (TPSA) is 115 Å². The van der Waals surface area contributed by atoms with Gasteiger partial charge in [-0.15, -0.1) is 0 Å². The smallest absolute Gasteiger partial charge is 0.231 e. The molecule has 0 aliphatic carbocycles. The highest BCUT2D eigenvalue weighted by Gasteiger charge is 2.13. The summed E-state index contributed by atoms with van der Waals surface area (Å²) < 4.78 is 0.861. The first-order chi connectivity index (χ1) is 8.38. The standard InChI is InChI=1S/C11H15BrN4O2/c12-8-2-1-7(9(13)3-8)4-16(5-10(14)17)6-11(15)18/h1-3H,4-6,13H2,(H2,14,17)(H2,15,18). The second-order valence-corrected chi connectivity index (χ2v) is 4.84. The lowest BCUT2D eigenvalue weighted by Crippen LogP contribution is -2.39. The Morgan fingerprint density at radius 1 is 1.17 bits per heavy atom. The zero-order chi connectivity index (χ0) is 13.7. The lowest BCUT2D eigenvalue weighted by molar-refractivity contribution is -0.122. The number of nitrogen functional groups attached to an aromatic ring is 1. The molecule has 0 spiro atoms. The van der Waals surface area contributed by atoms with Crippen LogP contribution in [0.1, 0.15) is 5.56 Å². The van der Waals surface area contributed by atoms with Gasteiger partial charge in [0.15, 0.2) is 0 Å². The van der Waals surface area contributed by atoms with Gasteiger partial charge in [-0.05, 0) is 17.7 Å². The number of anilines is 1. The highest BCUT2D eigenvalue weighted by molar-refractivity contribution is 9.10. The second kappa shape index (κ2) is 6.36. The largest absolute Gasteiger partial charge is 0.398 e. The summed E-state index contributed by atoms with van der Waals surface area (Å²) in [5.41, 5.74) is 17.4. The van der Waals surface area contributed by atoms with Crippen LogP contribution in [0.2, 0.25) is 0 Å². The molecule has 0 aromatic heterocycles. The van der Waals surface area contributed by atoms with Crippen molar-refractivity contribution in [1.82, 2.24) is 4.90 Å². The van der Waals surface area contributed by atoms with E-state index in [4.69, 9.17) is 17.2 Å². The number of benzene rings is 1. The van der Waals surface area contributed by atoms with Gasteiger partial charge in [-0.2, -0.15) is 0 Å². The molecule has 18 heavy (non-hydrogen) atoms. The Morgan fingerprint density at radius 3 is 2.17 bits per heavy atom. The maximum Gasteiger partial charge on any atom is 0.231 e. The average molecular weight is 315 g/mol. The molecule has 0 aliphatic heterocycles. The quantitative estimate of drug-likeness (QED) is 0.631. The summed E-state index contributed by atoms with van der Waals surface area (Å²) in [5, 5.41) is 0. The molecule has 7 heteroatoms. The number of amides is 2. The van der Waals surface area contributed by atoms with Crippen LogP contribution >= 0.6 is 15.9 Å². The molecular formula is C11H15BrN4O2. The van der Waals surface area contributed by atoms with Gasteiger partial charge in [0.05, 0.1) is 13.1 Å². The van der Waals surface area contributed by atoms with Gasteiger partial charge >= 0.3 is 0 Å². The van der Waals surface area contributed by atoms with Crippen molar-refractivity contribution in [3.63, 3.8) is 0 Å². The minimum Gasteiger partial charge on any atom is -0.398 e. The van der Waals surface area contributed by atoms with Gasteiger partial charge in [0.1, 0.15) is 0 Å². The molecule has 1 aromatic rings. The number of nitrogens with two attached hydrogens (primary N) is 3. The lowest BCUT2D eigenvalue weighted by atomic mass is 10.1. The van der Waals surface area contributed by atoms with Crippen molar-refractivity contribution in [2.24, 2.45) is 11.5 Å². The van der Waals surface area contributed by atoms with Gasteiger partial charge in [0.25, 0.3) is 0 Å². The van der Waals surface area contributed by atoms with E-state index < -0.39 is 11.8 Å². The van der Waals surface area contributed by atoms with Crippen LogP contribution in [0.3, 0.4) is 0 Å². The van der Waals surface area contributed by atoms with Gasteiger partial charge in [-0.1, -0.05) is 22.0 Å². The minimum atomic E-state index is -0.521. The normalized spacial score (nSPS) is 10.6. The molecule has 0 atom stereocenters. The van der Waals surface area contributed by atoms with E-state index in [1.165, 1.54) is 0 Å². The van der Waals surface area contributed by atoms with Crippen molar-refractivity contribution in [3.8, 4) is 0 Å². The first-order valence-electron chi connectivity index (χ1n) is 5.21. The number of carbonyl (C=O) groups excluding carboxylic acids is 2. The maximum absolute atomic E-state index is 10.9. The summed E-state index contributed by atoms with van der Waals surface area (Å²) in [5.74, 6) is -1.04. The van der Waals surface area contributed by atoms with Crippen LogP contribution in [0.25, 0.3) is 0 Å². The van der Waals surface area contributed by atoms with Crippen LogP contribution in [0.15, 0.2) is 22.7 Å². The summed E-state index contributed by atoms with van der Waals surface area (Å²) in [7, 11) is 0. The number of hydrogen-bond donors (Lipinski definition) is 3. The third-order valence-corrected chi connectivity index (χ3v) is 2.75. The molecule has 0 aliphatic rings. The SMILES string of the molecule is NC(=O)CN(CC(N)=O)Cc1ccc(Br)cc1N. The van der Waals surface area contributed by atoms with E-state index in [2.05, 4.69) is 15.9 Å². The molecule has 0 unspecified atom stereocenters. The van der Waals surface area contributed by atoms with Gasteiger partial charge in [-0.3, -0.25) is 14.5 Å². The van der Waals surface area contributed by atoms with E-state index in [1.807, 2.05) is 12.1 Å². The number of hydrogen-bond acceptors (Lipinski definition) is 4. The van der Waals surface area contributed by atoms with Crippen molar-refractivity contribution in [1.29, 1.82) is 0 Å². The second-order valence-electron chi connectivity index (χ2n) is 3.92. The molecule has 6 N–H and O–H groups in total. The van der Waals surface area contributed by atoms with Crippen molar-refractivity contribution >= 4 is 33.4 Å². The first-order valence-corrected chi connectivity index (χ1v) is 6.00. The van der Waals surface area contributed by atoms with Crippen LogP contribution in [0.4, 0.5) is 5.69 Å². The Balaban J connectivity index is 2.81. The predicted molar refractivity (Wildman–Crippen MR) is 72.2 cm³/mol. The summed E-state index contributed by atoms with van der Waals surface area (Å²) in [6, 6.07) is 5.40. The summed E-state index contributed by atoms with van der Waals surface area (Å²) in [4.78, 5) is 23.4. The Labute approximate surface area is 113 Å². The Bertz CT molecular complexity index is 448. The fourth-order valence-corrected chi connectivity index (χ4v) is 1.94. The van der Waals surface area contributed by atoms with Crippen LogP contribution in [-0.2, 0) is 16.1 Å². The zero-order valence-electron chi connectivity index (χ0n) is 9.73. The van der Waals surface area contributed by atoms with E-state index in [0.717, 1.165) is 10.0 Å². The maximum atomic E-state index is 10.9. The average Bonchev–Trinajstić information content (AvgIpc) is 2.20. The molecule has 1 aromatic carbocycles. The Hall–Kier alpha value is -1.60. The highest BCUT2D eigenvalue weighted by atomic mass is 79.9. The molecule has 0 saturated carbocycles. The summed E-state index contributed by atoms with van der Waals surface area (Å²) in [6.45, 7) is 0.252. The third kappa shape index (κ3) is 4.72. The fraction of sp³-hybridized carbons (Fsp3) is 0.273. The minimum absolute atomic E-state index is 0.0432. The number of carbonyl (C=O) groups is 2. The number of rotatable bonds is 6. The molecule has 0 fully saturated rings. The van der Waals surface area contributed by atoms with E-state index >= 15 is 0 Å². The van der Waals surface area contributed by atoms with Crippen LogP contribution < -0.4 is 17.2 Å². The third-order valence-electron chi connectivity index (χ3n) is 2.26. The van der Waals surface area contributed by atoms with Gasteiger partial charge in [-0.25, -0.2) is 0 Å². The fourth-order valence-electron chi connectivity index (χ4n) is 1.56. The number of halogens is 1. The van der Waals surface area contributed by atoms with E-state index in [0.29, 0.717) is 12.2 Å². The highest BCUT2D eigenvalue weighted by Crippen LogP contribution is 2.19. The van der Waals surface area contributed by atoms with Gasteiger partial charge in [0.2, 0.25) is 11.8 Å². The molecule has 6 nitrogen and oxygen atoms in total. The van der Waals surface area contributed by atoms with Crippen molar-refractivity contribution in [2.45, 2.75) is 6.54 Å². The Morgan fingerprint density at radius 2 is 1.72 bits per heavy atom. The molecule has 0 radical (unpaired) electrons. The molecule has 0 heterocycles. The lowest BCUT2D eigenvalue weighted by Gasteiger charge is -2.19. The van der Waals surface area contributed by atoms with Crippen molar-refractivity contribution in [3.05, 3.63) is 28.2 Å². The monoisotopic (exact) mass is 314 g/mol. The molecular weight excluding hydrogens is 300 g/mol. The predicted octanol–water partition coefficient (Wildman–Crippen LogP) is -0.196.